The van der Waals surface area contributed by atoms with E-state index in [1.165, 1.54) is 0 Å². The summed E-state index contributed by atoms with van der Waals surface area (Å²) in [6.07, 6.45) is 5.22. The fourth-order valence-corrected chi connectivity index (χ4v) is 3.08. The van der Waals surface area contributed by atoms with Crippen LogP contribution in [0.15, 0.2) is 47.3 Å². The Hall–Kier alpha value is -3.06. The molecule has 4 aromatic heterocycles. The molecule has 25 heavy (non-hydrogen) atoms. The maximum absolute atomic E-state index is 5.99. The Kier molecular flexibility index (Phi) is 3.31. The number of ether oxygens (including phenoxy) is 1. The number of anilines is 1. The Bertz CT molecular complexity index is 1040. The highest BCUT2D eigenvalue weighted by molar-refractivity contribution is 6.05. The van der Waals surface area contributed by atoms with E-state index in [2.05, 4.69) is 14.9 Å². The quantitative estimate of drug-likeness (QED) is 0.558. The predicted octanol–water partition coefficient (Wildman–Crippen LogP) is 2.67. The van der Waals surface area contributed by atoms with Crippen molar-refractivity contribution in [3.63, 3.8) is 0 Å². The minimum absolute atomic E-state index is 0.574. The molecular weight excluding hydrogens is 318 g/mol. The van der Waals surface area contributed by atoms with E-state index in [1.807, 2.05) is 24.3 Å². The summed E-state index contributed by atoms with van der Waals surface area (Å²) in [6, 6.07) is 7.69. The van der Waals surface area contributed by atoms with Crippen LogP contribution < -0.4 is 4.90 Å². The first-order chi connectivity index (χ1) is 12.4. The predicted molar refractivity (Wildman–Crippen MR) is 93.4 cm³/mol. The zero-order valence-electron chi connectivity index (χ0n) is 13.4. The molecule has 0 N–H and O–H groups in total. The topological polar surface area (TPSA) is 77.2 Å². The lowest BCUT2D eigenvalue weighted by molar-refractivity contribution is 0.122. The summed E-state index contributed by atoms with van der Waals surface area (Å²) in [5, 5.41) is 0.888. The standard InChI is InChI=1S/C18H15N5O2/c1-3-12(11-19-5-1)16-21-14-13-4-2-6-20-18(13)25-15(14)17(22-16)23-7-9-24-10-8-23/h1-6,11H,7-10H2. The number of rotatable bonds is 2. The van der Waals surface area contributed by atoms with Crippen LogP contribution in [0.3, 0.4) is 0 Å². The largest absolute Gasteiger partial charge is 0.432 e. The van der Waals surface area contributed by atoms with Gasteiger partial charge in [-0.1, -0.05) is 0 Å². The van der Waals surface area contributed by atoms with Crippen molar-refractivity contribution in [1.82, 2.24) is 19.9 Å². The molecule has 5 heterocycles. The number of hydrogen-bond donors (Lipinski definition) is 0. The molecule has 1 fully saturated rings. The van der Waals surface area contributed by atoms with Gasteiger partial charge >= 0.3 is 0 Å². The van der Waals surface area contributed by atoms with E-state index in [4.69, 9.17) is 19.1 Å². The number of aromatic nitrogens is 4. The minimum Gasteiger partial charge on any atom is -0.432 e. The van der Waals surface area contributed by atoms with Crippen molar-refractivity contribution in [2.45, 2.75) is 0 Å². The zero-order valence-corrected chi connectivity index (χ0v) is 13.4. The van der Waals surface area contributed by atoms with Crippen LogP contribution in [0.25, 0.3) is 33.6 Å². The van der Waals surface area contributed by atoms with Crippen molar-refractivity contribution in [1.29, 1.82) is 0 Å². The number of hydrogen-bond acceptors (Lipinski definition) is 7. The third kappa shape index (κ3) is 2.40. The van der Waals surface area contributed by atoms with Gasteiger partial charge in [0.15, 0.2) is 17.2 Å². The van der Waals surface area contributed by atoms with Crippen molar-refractivity contribution in [3.8, 4) is 11.4 Å². The third-order valence-electron chi connectivity index (χ3n) is 4.30. The second kappa shape index (κ2) is 5.78. The Morgan fingerprint density at radius 3 is 2.72 bits per heavy atom. The molecule has 0 unspecified atom stereocenters. The summed E-state index contributed by atoms with van der Waals surface area (Å²) in [5.41, 5.74) is 2.89. The highest BCUT2D eigenvalue weighted by Gasteiger charge is 2.22. The SMILES string of the molecule is c1cncc(-c2nc(N3CCOCC3)c3oc4ncccc4c3n2)c1. The minimum atomic E-state index is 0.574. The first-order valence-corrected chi connectivity index (χ1v) is 8.18. The lowest BCUT2D eigenvalue weighted by Crippen LogP contribution is -2.37. The average Bonchev–Trinajstić information content (AvgIpc) is 3.07. The first kappa shape index (κ1) is 14.3. The molecule has 1 aliphatic heterocycles. The van der Waals surface area contributed by atoms with Gasteiger partial charge in [0, 0.05) is 37.2 Å². The Labute approximate surface area is 143 Å². The molecule has 1 saturated heterocycles. The zero-order chi connectivity index (χ0) is 16.6. The summed E-state index contributed by atoms with van der Waals surface area (Å²) in [7, 11) is 0. The van der Waals surface area contributed by atoms with E-state index in [9.17, 15) is 0 Å². The lowest BCUT2D eigenvalue weighted by Gasteiger charge is -2.27. The van der Waals surface area contributed by atoms with Crippen LogP contribution in [0, 0.1) is 0 Å². The van der Waals surface area contributed by atoms with Crippen LogP contribution in [0.4, 0.5) is 5.82 Å². The third-order valence-corrected chi connectivity index (χ3v) is 4.30. The molecule has 0 spiro atoms. The summed E-state index contributed by atoms with van der Waals surface area (Å²) in [6.45, 7) is 2.88. The monoisotopic (exact) mass is 333 g/mol. The van der Waals surface area contributed by atoms with Crippen molar-refractivity contribution in [2.24, 2.45) is 0 Å². The second-order valence-corrected chi connectivity index (χ2v) is 5.85. The summed E-state index contributed by atoms with van der Waals surface area (Å²) < 4.78 is 11.5. The highest BCUT2D eigenvalue weighted by atomic mass is 16.5. The van der Waals surface area contributed by atoms with Gasteiger partial charge in [-0.15, -0.1) is 0 Å². The van der Waals surface area contributed by atoms with Gasteiger partial charge in [0.1, 0.15) is 5.52 Å². The van der Waals surface area contributed by atoms with Gasteiger partial charge in [-0.25, -0.2) is 15.0 Å². The van der Waals surface area contributed by atoms with E-state index in [-0.39, 0.29) is 0 Å². The van der Waals surface area contributed by atoms with Crippen molar-refractivity contribution < 1.29 is 9.15 Å². The lowest BCUT2D eigenvalue weighted by atomic mass is 10.2. The molecule has 0 radical (unpaired) electrons. The van der Waals surface area contributed by atoms with Crippen molar-refractivity contribution in [3.05, 3.63) is 42.9 Å². The fraction of sp³-hybridized carbons (Fsp3) is 0.222. The van der Waals surface area contributed by atoms with Gasteiger partial charge in [-0.2, -0.15) is 0 Å². The Morgan fingerprint density at radius 1 is 1.00 bits per heavy atom. The number of furan rings is 1. The molecule has 0 saturated carbocycles. The van der Waals surface area contributed by atoms with Gasteiger partial charge in [-0.05, 0) is 24.3 Å². The van der Waals surface area contributed by atoms with Gasteiger partial charge in [0.25, 0.3) is 0 Å². The molecule has 0 bridgehead atoms. The molecule has 1 aliphatic rings. The second-order valence-electron chi connectivity index (χ2n) is 5.85. The van der Waals surface area contributed by atoms with Gasteiger partial charge < -0.3 is 14.1 Å². The summed E-state index contributed by atoms with van der Waals surface area (Å²) in [5.74, 6) is 1.42. The van der Waals surface area contributed by atoms with Gasteiger partial charge in [0.05, 0.1) is 18.6 Å². The molecule has 0 atom stereocenters. The van der Waals surface area contributed by atoms with Crippen LogP contribution in [0.1, 0.15) is 0 Å². The molecule has 0 aliphatic carbocycles. The van der Waals surface area contributed by atoms with E-state index in [1.54, 1.807) is 18.6 Å². The van der Waals surface area contributed by atoms with Crippen molar-refractivity contribution in [2.75, 3.05) is 31.2 Å². The number of pyridine rings is 2. The maximum Gasteiger partial charge on any atom is 0.229 e. The molecule has 7 nitrogen and oxygen atoms in total. The molecule has 5 rings (SSSR count). The first-order valence-electron chi connectivity index (χ1n) is 8.18. The summed E-state index contributed by atoms with van der Waals surface area (Å²) in [4.78, 5) is 20.2. The molecule has 0 aromatic carbocycles. The summed E-state index contributed by atoms with van der Waals surface area (Å²) >= 11 is 0. The van der Waals surface area contributed by atoms with Crippen LogP contribution in [-0.2, 0) is 4.74 Å². The number of nitrogens with zero attached hydrogens (tertiary/aromatic N) is 5. The fourth-order valence-electron chi connectivity index (χ4n) is 3.08. The maximum atomic E-state index is 5.99. The number of fused-ring (bicyclic) bond motifs is 3. The molecule has 0 amide bonds. The van der Waals surface area contributed by atoms with Gasteiger partial charge in [0.2, 0.25) is 5.71 Å². The Balaban J connectivity index is 1.80. The van der Waals surface area contributed by atoms with E-state index >= 15 is 0 Å². The van der Waals surface area contributed by atoms with E-state index in [0.717, 1.165) is 35.4 Å². The molecular formula is C18H15N5O2. The normalized spacial score (nSPS) is 15.1. The van der Waals surface area contributed by atoms with Crippen LogP contribution in [0.2, 0.25) is 0 Å². The Morgan fingerprint density at radius 2 is 1.88 bits per heavy atom. The van der Waals surface area contributed by atoms with Crippen LogP contribution >= 0.6 is 0 Å². The van der Waals surface area contributed by atoms with E-state index in [0.29, 0.717) is 30.3 Å². The van der Waals surface area contributed by atoms with Crippen LogP contribution in [-0.4, -0.2) is 46.2 Å². The number of morpholine rings is 1. The molecule has 124 valence electrons. The molecule has 7 heteroatoms. The highest BCUT2D eigenvalue weighted by Crippen LogP contribution is 2.34. The van der Waals surface area contributed by atoms with Crippen LogP contribution in [0.5, 0.6) is 0 Å². The van der Waals surface area contributed by atoms with Gasteiger partial charge in [-0.3, -0.25) is 4.98 Å². The smallest absolute Gasteiger partial charge is 0.229 e. The average molecular weight is 333 g/mol. The van der Waals surface area contributed by atoms with E-state index < -0.39 is 0 Å². The molecule has 4 aromatic rings. The van der Waals surface area contributed by atoms with Crippen molar-refractivity contribution >= 4 is 28.0 Å².